The molecule has 94 valence electrons. The summed E-state index contributed by atoms with van der Waals surface area (Å²) in [4.78, 5) is 17.9. The van der Waals surface area contributed by atoms with Crippen molar-refractivity contribution in [3.8, 4) is 0 Å². The summed E-state index contributed by atoms with van der Waals surface area (Å²) in [5.74, 6) is -0.119. The second-order valence-electron chi connectivity index (χ2n) is 4.02. The van der Waals surface area contributed by atoms with Gasteiger partial charge < -0.3 is 4.90 Å². The third-order valence-electron chi connectivity index (χ3n) is 2.49. The van der Waals surface area contributed by atoms with Gasteiger partial charge in [-0.25, -0.2) is 4.98 Å². The predicted octanol–water partition coefficient (Wildman–Crippen LogP) is 1.85. The molecule has 0 aliphatic rings. The summed E-state index contributed by atoms with van der Waals surface area (Å²) in [6, 6.07) is 3.58. The van der Waals surface area contributed by atoms with Gasteiger partial charge in [-0.05, 0) is 28.1 Å². The van der Waals surface area contributed by atoms with Gasteiger partial charge in [0.25, 0.3) is 5.91 Å². The van der Waals surface area contributed by atoms with Crippen molar-refractivity contribution >= 4 is 21.8 Å². The molecule has 2 aromatic heterocycles. The molecule has 2 heterocycles. The Morgan fingerprint density at radius 1 is 1.56 bits per heavy atom. The summed E-state index contributed by atoms with van der Waals surface area (Å²) in [5.41, 5.74) is 1.41. The van der Waals surface area contributed by atoms with Crippen molar-refractivity contribution in [3.63, 3.8) is 0 Å². The summed E-state index contributed by atoms with van der Waals surface area (Å²) in [7, 11) is 3.59. The fourth-order valence-corrected chi connectivity index (χ4v) is 2.05. The summed E-state index contributed by atoms with van der Waals surface area (Å²) in [6.07, 6.45) is 5.24. The molecule has 5 nitrogen and oxygen atoms in total. The molecule has 2 rings (SSSR count). The largest absolute Gasteiger partial charge is 0.336 e. The Kier molecular flexibility index (Phi) is 3.76. The van der Waals surface area contributed by atoms with Gasteiger partial charge in [-0.2, -0.15) is 5.10 Å². The van der Waals surface area contributed by atoms with Crippen LogP contribution >= 0.6 is 15.9 Å². The second-order valence-corrected chi connectivity index (χ2v) is 4.87. The first-order valence-corrected chi connectivity index (χ1v) is 6.20. The van der Waals surface area contributed by atoms with E-state index in [1.807, 2.05) is 13.2 Å². The highest BCUT2D eigenvalue weighted by Crippen LogP contribution is 2.15. The zero-order chi connectivity index (χ0) is 13.1. The van der Waals surface area contributed by atoms with E-state index in [0.717, 1.165) is 5.56 Å². The van der Waals surface area contributed by atoms with Crippen molar-refractivity contribution < 1.29 is 4.79 Å². The maximum atomic E-state index is 12.2. The molecule has 2 aromatic rings. The van der Waals surface area contributed by atoms with Crippen LogP contribution in [0.4, 0.5) is 0 Å². The van der Waals surface area contributed by atoms with Gasteiger partial charge in [-0.1, -0.05) is 0 Å². The quantitative estimate of drug-likeness (QED) is 0.869. The molecule has 0 saturated carbocycles. The fraction of sp³-hybridized carbons (Fsp3) is 0.250. The molecule has 0 aliphatic heterocycles. The number of halogens is 1. The lowest BCUT2D eigenvalue weighted by Crippen LogP contribution is -2.27. The van der Waals surface area contributed by atoms with Gasteiger partial charge in [0.05, 0.1) is 6.20 Å². The first-order valence-electron chi connectivity index (χ1n) is 5.41. The average Bonchev–Trinajstić information content (AvgIpc) is 2.74. The third-order valence-corrected chi connectivity index (χ3v) is 3.13. The standard InChI is InChI=1S/C12H13BrN4O/c1-16(7-9-6-15-17(2)8-9)12(18)11-10(13)4-3-5-14-11/h3-6,8H,7H2,1-2H3. The van der Waals surface area contributed by atoms with E-state index < -0.39 is 0 Å². The number of carbonyl (C=O) groups is 1. The Balaban J connectivity index is 2.12. The second kappa shape index (κ2) is 5.30. The molecule has 18 heavy (non-hydrogen) atoms. The molecular formula is C12H13BrN4O. The zero-order valence-electron chi connectivity index (χ0n) is 10.2. The summed E-state index contributed by atoms with van der Waals surface area (Å²) < 4.78 is 2.41. The third kappa shape index (κ3) is 2.76. The smallest absolute Gasteiger partial charge is 0.273 e. The molecule has 0 aromatic carbocycles. The van der Waals surface area contributed by atoms with E-state index in [-0.39, 0.29) is 5.91 Å². The van der Waals surface area contributed by atoms with Crippen LogP contribution in [0.25, 0.3) is 0 Å². The molecule has 0 aliphatic carbocycles. The van der Waals surface area contributed by atoms with Crippen LogP contribution in [0.3, 0.4) is 0 Å². The van der Waals surface area contributed by atoms with Crippen LogP contribution in [0.5, 0.6) is 0 Å². The van der Waals surface area contributed by atoms with Gasteiger partial charge in [-0.3, -0.25) is 9.48 Å². The molecule has 0 atom stereocenters. The van der Waals surface area contributed by atoms with Gasteiger partial charge in [0.15, 0.2) is 0 Å². The summed E-state index contributed by atoms with van der Waals surface area (Å²) in [5, 5.41) is 4.07. The van der Waals surface area contributed by atoms with Crippen LogP contribution in [-0.2, 0) is 13.6 Å². The highest BCUT2D eigenvalue weighted by Gasteiger charge is 2.16. The summed E-state index contributed by atoms with van der Waals surface area (Å²) >= 11 is 3.33. The van der Waals surface area contributed by atoms with E-state index in [1.54, 1.807) is 41.2 Å². The van der Waals surface area contributed by atoms with E-state index in [2.05, 4.69) is 26.0 Å². The Morgan fingerprint density at radius 3 is 2.94 bits per heavy atom. The Hall–Kier alpha value is -1.69. The number of aromatic nitrogens is 3. The fourth-order valence-electron chi connectivity index (χ4n) is 1.62. The van der Waals surface area contributed by atoms with Crippen molar-refractivity contribution in [2.75, 3.05) is 7.05 Å². The Morgan fingerprint density at radius 2 is 2.33 bits per heavy atom. The van der Waals surface area contributed by atoms with Crippen LogP contribution in [0.15, 0.2) is 35.2 Å². The van der Waals surface area contributed by atoms with E-state index >= 15 is 0 Å². The van der Waals surface area contributed by atoms with Gasteiger partial charge in [-0.15, -0.1) is 0 Å². The average molecular weight is 309 g/mol. The molecule has 0 saturated heterocycles. The van der Waals surface area contributed by atoms with Crippen LogP contribution < -0.4 is 0 Å². The molecule has 0 bridgehead atoms. The topological polar surface area (TPSA) is 51.0 Å². The minimum Gasteiger partial charge on any atom is -0.336 e. The van der Waals surface area contributed by atoms with E-state index in [9.17, 15) is 4.79 Å². The number of amides is 1. The number of rotatable bonds is 3. The molecule has 6 heteroatoms. The molecule has 0 spiro atoms. The van der Waals surface area contributed by atoms with Crippen molar-refractivity contribution in [1.82, 2.24) is 19.7 Å². The summed E-state index contributed by atoms with van der Waals surface area (Å²) in [6.45, 7) is 0.510. The molecule has 0 unspecified atom stereocenters. The first kappa shape index (κ1) is 12.8. The number of hydrogen-bond acceptors (Lipinski definition) is 3. The zero-order valence-corrected chi connectivity index (χ0v) is 11.8. The lowest BCUT2D eigenvalue weighted by molar-refractivity contribution is 0.0778. The molecule has 1 amide bonds. The van der Waals surface area contributed by atoms with Gasteiger partial charge in [0.1, 0.15) is 5.69 Å². The number of hydrogen-bond donors (Lipinski definition) is 0. The normalized spacial score (nSPS) is 10.4. The van der Waals surface area contributed by atoms with Crippen LogP contribution in [0.2, 0.25) is 0 Å². The Bertz CT molecular complexity index is 567. The molecule has 0 radical (unpaired) electrons. The van der Waals surface area contributed by atoms with Crippen molar-refractivity contribution in [3.05, 3.63) is 46.5 Å². The molecular weight excluding hydrogens is 296 g/mol. The van der Waals surface area contributed by atoms with Crippen LogP contribution in [0.1, 0.15) is 16.1 Å². The van der Waals surface area contributed by atoms with E-state index in [4.69, 9.17) is 0 Å². The van der Waals surface area contributed by atoms with Crippen LogP contribution in [-0.4, -0.2) is 32.6 Å². The van der Waals surface area contributed by atoms with Gasteiger partial charge in [0, 0.05) is 43.1 Å². The molecule has 0 N–H and O–H groups in total. The lowest BCUT2D eigenvalue weighted by Gasteiger charge is -2.16. The maximum Gasteiger partial charge on any atom is 0.273 e. The monoisotopic (exact) mass is 308 g/mol. The Labute approximate surface area is 114 Å². The lowest BCUT2D eigenvalue weighted by atomic mass is 10.3. The first-order chi connectivity index (χ1) is 8.58. The number of carbonyl (C=O) groups excluding carboxylic acids is 1. The van der Waals surface area contributed by atoms with Gasteiger partial charge >= 0.3 is 0 Å². The highest BCUT2D eigenvalue weighted by atomic mass is 79.9. The number of aryl methyl sites for hydroxylation is 1. The minimum atomic E-state index is -0.119. The van der Waals surface area contributed by atoms with Crippen molar-refractivity contribution in [1.29, 1.82) is 0 Å². The number of nitrogens with zero attached hydrogens (tertiary/aromatic N) is 4. The van der Waals surface area contributed by atoms with E-state index in [0.29, 0.717) is 16.7 Å². The van der Waals surface area contributed by atoms with Gasteiger partial charge in [0.2, 0.25) is 0 Å². The predicted molar refractivity (Wildman–Crippen MR) is 70.9 cm³/mol. The van der Waals surface area contributed by atoms with Crippen molar-refractivity contribution in [2.24, 2.45) is 7.05 Å². The SMILES string of the molecule is CN(Cc1cnn(C)c1)C(=O)c1ncccc1Br. The number of pyridine rings is 1. The van der Waals surface area contributed by atoms with Crippen molar-refractivity contribution in [2.45, 2.75) is 6.54 Å². The molecule has 0 fully saturated rings. The maximum absolute atomic E-state index is 12.2. The van der Waals surface area contributed by atoms with E-state index in [1.165, 1.54) is 0 Å². The highest BCUT2D eigenvalue weighted by molar-refractivity contribution is 9.10. The minimum absolute atomic E-state index is 0.119. The van der Waals surface area contributed by atoms with Crippen LogP contribution in [0, 0.1) is 0 Å².